The molecule has 3 heterocycles. The second-order valence-electron chi connectivity index (χ2n) is 6.99. The van der Waals surface area contributed by atoms with Crippen molar-refractivity contribution in [3.63, 3.8) is 0 Å². The van der Waals surface area contributed by atoms with Crippen molar-refractivity contribution in [1.82, 2.24) is 29.2 Å². The molecule has 2 aromatic heterocycles. The van der Waals surface area contributed by atoms with E-state index in [2.05, 4.69) is 15.2 Å². The molecule has 0 spiro atoms. The Balaban J connectivity index is 1.66. The van der Waals surface area contributed by atoms with Crippen LogP contribution in [-0.4, -0.2) is 47.9 Å². The van der Waals surface area contributed by atoms with E-state index in [1.165, 1.54) is 0 Å². The van der Waals surface area contributed by atoms with Crippen LogP contribution in [0.2, 0.25) is 0 Å². The van der Waals surface area contributed by atoms with Gasteiger partial charge >= 0.3 is 0 Å². The van der Waals surface area contributed by atoms with Crippen LogP contribution in [0.4, 0.5) is 0 Å². The zero-order valence-corrected chi connectivity index (χ0v) is 16.9. The van der Waals surface area contributed by atoms with E-state index in [-0.39, 0.29) is 18.0 Å². The number of hydrogen-bond donors (Lipinski definition) is 0. The van der Waals surface area contributed by atoms with Crippen molar-refractivity contribution in [3.8, 4) is 0 Å². The summed E-state index contributed by atoms with van der Waals surface area (Å²) in [5, 5.41) is 9.48. The predicted octanol–water partition coefficient (Wildman–Crippen LogP) is 3.12. The van der Waals surface area contributed by atoms with Crippen molar-refractivity contribution in [3.05, 3.63) is 35.9 Å². The first-order valence-corrected chi connectivity index (χ1v) is 10.4. The molecular formula is C19H24N6OS. The summed E-state index contributed by atoms with van der Waals surface area (Å²) in [6, 6.07) is 7.63. The Kier molecular flexibility index (Phi) is 4.67. The second-order valence-corrected chi connectivity index (χ2v) is 7.76. The molecule has 1 amide bonds. The summed E-state index contributed by atoms with van der Waals surface area (Å²) in [5.41, 5.74) is 1.92. The first-order chi connectivity index (χ1) is 13.0. The van der Waals surface area contributed by atoms with Gasteiger partial charge in [0, 0.05) is 13.6 Å². The largest absolute Gasteiger partial charge is 0.331 e. The van der Waals surface area contributed by atoms with Gasteiger partial charge in [-0.25, -0.2) is 4.98 Å². The molecule has 2 atom stereocenters. The van der Waals surface area contributed by atoms with Crippen LogP contribution >= 0.6 is 11.8 Å². The minimum Gasteiger partial charge on any atom is -0.331 e. The molecule has 0 aliphatic carbocycles. The molecule has 1 aliphatic heterocycles. The second kappa shape index (κ2) is 6.99. The number of benzene rings is 1. The Morgan fingerprint density at radius 3 is 2.81 bits per heavy atom. The number of thioether (sulfide) groups is 1. The molecule has 1 aromatic carbocycles. The smallest absolute Gasteiger partial charge is 0.246 e. The van der Waals surface area contributed by atoms with Gasteiger partial charge in [-0.3, -0.25) is 4.79 Å². The van der Waals surface area contributed by atoms with E-state index in [9.17, 15) is 4.79 Å². The van der Waals surface area contributed by atoms with E-state index in [0.717, 1.165) is 47.2 Å². The van der Waals surface area contributed by atoms with E-state index in [4.69, 9.17) is 0 Å². The summed E-state index contributed by atoms with van der Waals surface area (Å²) in [4.78, 5) is 20.0. The number of para-hydroxylation sites is 2. The quantitative estimate of drug-likeness (QED) is 0.647. The number of fused-ring (bicyclic) bond motifs is 1. The van der Waals surface area contributed by atoms with Crippen LogP contribution in [0.15, 0.2) is 29.4 Å². The number of nitrogens with zero attached hydrogens (tertiary/aromatic N) is 6. The highest BCUT2D eigenvalue weighted by atomic mass is 32.2. The SMILES string of the molecule is CSc1nnc([C@H]2CCCN2C(=O)[C@@H](C)n2c(C)nc3ccccc32)n1C. The van der Waals surface area contributed by atoms with Crippen molar-refractivity contribution >= 4 is 28.7 Å². The van der Waals surface area contributed by atoms with Crippen LogP contribution in [0.5, 0.6) is 0 Å². The van der Waals surface area contributed by atoms with Crippen LogP contribution in [0.1, 0.15) is 43.5 Å². The van der Waals surface area contributed by atoms with Gasteiger partial charge in [0.2, 0.25) is 5.91 Å². The van der Waals surface area contributed by atoms with Crippen molar-refractivity contribution in [2.24, 2.45) is 7.05 Å². The topological polar surface area (TPSA) is 68.8 Å². The minimum absolute atomic E-state index is 0.0200. The summed E-state index contributed by atoms with van der Waals surface area (Å²) in [6.45, 7) is 4.67. The predicted molar refractivity (Wildman–Crippen MR) is 106 cm³/mol. The maximum atomic E-state index is 13.4. The minimum atomic E-state index is -0.314. The first-order valence-electron chi connectivity index (χ1n) is 9.20. The molecule has 0 saturated carbocycles. The van der Waals surface area contributed by atoms with Crippen molar-refractivity contribution in [2.45, 2.75) is 43.9 Å². The van der Waals surface area contributed by atoms with Gasteiger partial charge in [0.1, 0.15) is 11.9 Å². The van der Waals surface area contributed by atoms with Gasteiger partial charge in [0.15, 0.2) is 11.0 Å². The summed E-state index contributed by atoms with van der Waals surface area (Å²) in [7, 11) is 1.97. The number of hydrogen-bond acceptors (Lipinski definition) is 5. The average molecular weight is 385 g/mol. The lowest BCUT2D eigenvalue weighted by Crippen LogP contribution is -2.37. The fourth-order valence-corrected chi connectivity index (χ4v) is 4.59. The number of amides is 1. The van der Waals surface area contributed by atoms with Crippen molar-refractivity contribution < 1.29 is 4.79 Å². The Labute approximate surface area is 162 Å². The van der Waals surface area contributed by atoms with Crippen LogP contribution in [0.25, 0.3) is 11.0 Å². The molecule has 3 aromatic rings. The standard InChI is InChI=1S/C19H24N6OS/c1-12(25-13(2)20-14-8-5-6-9-15(14)25)18(26)24-11-7-10-16(24)17-21-22-19(27-4)23(17)3/h5-6,8-9,12,16H,7,10-11H2,1-4H3/t12-,16-/m1/s1. The van der Waals surface area contributed by atoms with Gasteiger partial charge < -0.3 is 14.0 Å². The maximum Gasteiger partial charge on any atom is 0.246 e. The lowest BCUT2D eigenvalue weighted by molar-refractivity contribution is -0.135. The molecular weight excluding hydrogens is 360 g/mol. The Hall–Kier alpha value is -2.35. The number of rotatable bonds is 4. The number of likely N-dealkylation sites (tertiary alicyclic amines) is 1. The average Bonchev–Trinajstić information content (AvgIpc) is 3.36. The van der Waals surface area contributed by atoms with E-state index in [0.29, 0.717) is 0 Å². The van der Waals surface area contributed by atoms with E-state index in [1.54, 1.807) is 11.8 Å². The van der Waals surface area contributed by atoms with Gasteiger partial charge in [0.05, 0.1) is 17.1 Å². The molecule has 27 heavy (non-hydrogen) atoms. The van der Waals surface area contributed by atoms with Gasteiger partial charge in [-0.2, -0.15) is 0 Å². The summed E-state index contributed by atoms with van der Waals surface area (Å²) in [5.74, 6) is 1.83. The summed E-state index contributed by atoms with van der Waals surface area (Å²) >= 11 is 1.57. The maximum absolute atomic E-state index is 13.4. The highest BCUT2D eigenvalue weighted by molar-refractivity contribution is 7.98. The van der Waals surface area contributed by atoms with Gasteiger partial charge in [0.25, 0.3) is 0 Å². The van der Waals surface area contributed by atoms with E-state index < -0.39 is 0 Å². The van der Waals surface area contributed by atoms with Gasteiger partial charge in [-0.05, 0) is 45.1 Å². The highest BCUT2D eigenvalue weighted by Crippen LogP contribution is 2.34. The fraction of sp³-hybridized carbons (Fsp3) is 0.474. The fourth-order valence-electron chi connectivity index (χ4n) is 4.10. The molecule has 142 valence electrons. The van der Waals surface area contributed by atoms with E-state index >= 15 is 0 Å². The third-order valence-corrected chi connectivity index (χ3v) is 6.12. The Morgan fingerprint density at radius 2 is 2.07 bits per heavy atom. The third-order valence-electron chi connectivity index (χ3n) is 5.40. The van der Waals surface area contributed by atoms with E-state index in [1.807, 2.05) is 65.5 Å². The summed E-state index contributed by atoms with van der Waals surface area (Å²) < 4.78 is 4.04. The molecule has 8 heteroatoms. The number of carbonyl (C=O) groups is 1. The molecule has 7 nitrogen and oxygen atoms in total. The van der Waals surface area contributed by atoms with Crippen LogP contribution in [-0.2, 0) is 11.8 Å². The summed E-state index contributed by atoms with van der Waals surface area (Å²) in [6.07, 6.45) is 3.89. The number of aromatic nitrogens is 5. The van der Waals surface area contributed by atoms with Crippen LogP contribution in [0.3, 0.4) is 0 Å². The van der Waals surface area contributed by atoms with Crippen molar-refractivity contribution in [2.75, 3.05) is 12.8 Å². The normalized spacial score (nSPS) is 18.4. The molecule has 0 radical (unpaired) electrons. The molecule has 1 saturated heterocycles. The Morgan fingerprint density at radius 1 is 1.30 bits per heavy atom. The molecule has 0 bridgehead atoms. The number of carbonyl (C=O) groups excluding carboxylic acids is 1. The third kappa shape index (κ3) is 2.92. The molecule has 1 fully saturated rings. The first kappa shape index (κ1) is 18.0. The monoisotopic (exact) mass is 384 g/mol. The van der Waals surface area contributed by atoms with Crippen LogP contribution < -0.4 is 0 Å². The lowest BCUT2D eigenvalue weighted by atomic mass is 10.2. The van der Waals surface area contributed by atoms with Crippen LogP contribution in [0, 0.1) is 6.92 Å². The molecule has 1 aliphatic rings. The number of aryl methyl sites for hydroxylation is 1. The van der Waals surface area contributed by atoms with Crippen molar-refractivity contribution in [1.29, 1.82) is 0 Å². The number of imidazole rings is 1. The molecule has 0 unspecified atom stereocenters. The van der Waals surface area contributed by atoms with Gasteiger partial charge in [-0.1, -0.05) is 23.9 Å². The zero-order chi connectivity index (χ0) is 19.1. The highest BCUT2D eigenvalue weighted by Gasteiger charge is 2.36. The molecule has 0 N–H and O–H groups in total. The molecule has 4 rings (SSSR count). The Bertz CT molecular complexity index is 993. The van der Waals surface area contributed by atoms with Gasteiger partial charge in [-0.15, -0.1) is 10.2 Å². The lowest BCUT2D eigenvalue weighted by Gasteiger charge is -2.28. The zero-order valence-electron chi connectivity index (χ0n) is 16.1.